The summed E-state index contributed by atoms with van der Waals surface area (Å²) in [6, 6.07) is 6.33. The minimum atomic E-state index is 0.279. The standard InChI is InChI=1S/C17H24N4O/c22-19-15-7-3-1-2-4-8-16(15)20-11-13-21(14-12-20)17-9-5-6-10-18-17/h1-2,5-6,9-10,16,22H,3-4,7-8,11-14H2/b2-1?,19-15+/t16-/m0/s1. The first-order chi connectivity index (χ1) is 10.9. The van der Waals surface area contributed by atoms with E-state index in [1.165, 1.54) is 0 Å². The smallest absolute Gasteiger partial charge is 0.128 e. The Labute approximate surface area is 131 Å². The van der Waals surface area contributed by atoms with Crippen molar-refractivity contribution in [1.82, 2.24) is 9.88 Å². The number of rotatable bonds is 2. The Morgan fingerprint density at radius 1 is 1.09 bits per heavy atom. The molecular weight excluding hydrogens is 276 g/mol. The molecule has 0 amide bonds. The van der Waals surface area contributed by atoms with E-state index in [0.717, 1.165) is 63.4 Å². The molecule has 5 nitrogen and oxygen atoms in total. The van der Waals surface area contributed by atoms with E-state index < -0.39 is 0 Å². The molecule has 1 atom stereocenters. The fourth-order valence-corrected chi connectivity index (χ4v) is 3.37. The van der Waals surface area contributed by atoms with Crippen LogP contribution < -0.4 is 4.90 Å². The number of piperazine rings is 1. The summed E-state index contributed by atoms with van der Waals surface area (Å²) in [5.41, 5.74) is 0.940. The van der Waals surface area contributed by atoms with Crippen molar-refractivity contribution in [3.05, 3.63) is 36.5 Å². The minimum Gasteiger partial charge on any atom is -0.411 e. The van der Waals surface area contributed by atoms with E-state index in [4.69, 9.17) is 0 Å². The number of pyridine rings is 1. The van der Waals surface area contributed by atoms with Gasteiger partial charge in [-0.3, -0.25) is 4.90 Å². The van der Waals surface area contributed by atoms with Gasteiger partial charge >= 0.3 is 0 Å². The van der Waals surface area contributed by atoms with E-state index in [-0.39, 0.29) is 6.04 Å². The Morgan fingerprint density at radius 2 is 1.91 bits per heavy atom. The molecule has 1 N–H and O–H groups in total. The van der Waals surface area contributed by atoms with Crippen LogP contribution >= 0.6 is 0 Å². The summed E-state index contributed by atoms with van der Waals surface area (Å²) in [5, 5.41) is 13.0. The summed E-state index contributed by atoms with van der Waals surface area (Å²) in [6.45, 7) is 3.93. The summed E-state index contributed by atoms with van der Waals surface area (Å²) >= 11 is 0. The molecule has 1 saturated heterocycles. The van der Waals surface area contributed by atoms with E-state index in [1.54, 1.807) is 0 Å². The van der Waals surface area contributed by atoms with Gasteiger partial charge in [0.1, 0.15) is 5.82 Å². The van der Waals surface area contributed by atoms with Crippen LogP contribution in [-0.2, 0) is 0 Å². The molecule has 2 aliphatic rings. The topological polar surface area (TPSA) is 52.0 Å². The van der Waals surface area contributed by atoms with Gasteiger partial charge in [0.2, 0.25) is 0 Å². The predicted molar refractivity (Wildman–Crippen MR) is 88.6 cm³/mol. The van der Waals surface area contributed by atoms with Gasteiger partial charge in [-0.05, 0) is 37.8 Å². The molecule has 2 heterocycles. The lowest BCUT2D eigenvalue weighted by Gasteiger charge is -2.40. The van der Waals surface area contributed by atoms with Crippen molar-refractivity contribution in [3.63, 3.8) is 0 Å². The Hall–Kier alpha value is -1.88. The first-order valence-electron chi connectivity index (χ1n) is 8.14. The molecule has 5 heteroatoms. The summed E-state index contributed by atoms with van der Waals surface area (Å²) in [7, 11) is 0. The summed E-state index contributed by atoms with van der Waals surface area (Å²) in [6.07, 6.45) is 10.2. The maximum atomic E-state index is 9.36. The van der Waals surface area contributed by atoms with Gasteiger partial charge in [-0.2, -0.15) is 0 Å². The Balaban J connectivity index is 1.63. The highest BCUT2D eigenvalue weighted by atomic mass is 16.4. The Kier molecular flexibility index (Phi) is 5.06. The predicted octanol–water partition coefficient (Wildman–Crippen LogP) is 2.53. The highest BCUT2D eigenvalue weighted by Gasteiger charge is 2.28. The van der Waals surface area contributed by atoms with E-state index in [1.807, 2.05) is 18.3 Å². The number of nitrogens with zero attached hydrogens (tertiary/aromatic N) is 4. The van der Waals surface area contributed by atoms with Gasteiger partial charge in [0.25, 0.3) is 0 Å². The normalized spacial score (nSPS) is 25.9. The zero-order valence-corrected chi connectivity index (χ0v) is 12.9. The highest BCUT2D eigenvalue weighted by molar-refractivity contribution is 5.89. The number of hydrogen-bond donors (Lipinski definition) is 1. The number of hydrogen-bond acceptors (Lipinski definition) is 5. The number of aromatic nitrogens is 1. The maximum Gasteiger partial charge on any atom is 0.128 e. The fourth-order valence-electron chi connectivity index (χ4n) is 3.37. The van der Waals surface area contributed by atoms with Crippen molar-refractivity contribution < 1.29 is 5.21 Å². The third-order valence-corrected chi connectivity index (χ3v) is 4.58. The molecule has 0 unspecified atom stereocenters. The molecule has 1 aromatic rings. The number of anilines is 1. The van der Waals surface area contributed by atoms with Crippen LogP contribution in [0, 0.1) is 0 Å². The quantitative estimate of drug-likeness (QED) is 0.518. The van der Waals surface area contributed by atoms with Crippen LogP contribution in [0.25, 0.3) is 0 Å². The SMILES string of the molecule is O/N=C1\CCC=CCC[C@@H]1N1CCN(c2ccccn2)CC1. The molecule has 0 bridgehead atoms. The number of allylic oxidation sites excluding steroid dienone is 2. The van der Waals surface area contributed by atoms with Crippen molar-refractivity contribution in [2.24, 2.45) is 5.16 Å². The molecule has 1 aromatic heterocycles. The summed E-state index contributed by atoms with van der Waals surface area (Å²) in [5.74, 6) is 1.05. The second-order valence-electron chi connectivity index (χ2n) is 5.91. The second-order valence-corrected chi connectivity index (χ2v) is 5.91. The van der Waals surface area contributed by atoms with Crippen molar-refractivity contribution in [2.75, 3.05) is 31.1 Å². The third kappa shape index (κ3) is 3.47. The van der Waals surface area contributed by atoms with Gasteiger partial charge < -0.3 is 10.1 Å². The summed E-state index contributed by atoms with van der Waals surface area (Å²) in [4.78, 5) is 9.23. The summed E-state index contributed by atoms with van der Waals surface area (Å²) < 4.78 is 0. The molecule has 0 radical (unpaired) electrons. The second kappa shape index (κ2) is 7.40. The Morgan fingerprint density at radius 3 is 2.64 bits per heavy atom. The molecule has 0 spiro atoms. The third-order valence-electron chi connectivity index (χ3n) is 4.58. The van der Waals surface area contributed by atoms with Gasteiger partial charge in [-0.1, -0.05) is 23.4 Å². The lowest BCUT2D eigenvalue weighted by atomic mass is 9.96. The average Bonchev–Trinajstić information content (AvgIpc) is 2.56. The zero-order valence-electron chi connectivity index (χ0n) is 12.9. The van der Waals surface area contributed by atoms with Crippen LogP contribution in [0.5, 0.6) is 0 Å². The van der Waals surface area contributed by atoms with E-state index in [2.05, 4.69) is 38.2 Å². The van der Waals surface area contributed by atoms with Crippen LogP contribution in [0.2, 0.25) is 0 Å². The van der Waals surface area contributed by atoms with Crippen molar-refractivity contribution in [2.45, 2.75) is 31.7 Å². The molecular formula is C17H24N4O. The van der Waals surface area contributed by atoms with Gasteiger partial charge in [0.15, 0.2) is 0 Å². The minimum absolute atomic E-state index is 0.279. The molecule has 1 aliphatic heterocycles. The first kappa shape index (κ1) is 15.0. The maximum absolute atomic E-state index is 9.36. The molecule has 1 aliphatic carbocycles. The van der Waals surface area contributed by atoms with Crippen LogP contribution in [-0.4, -0.2) is 53.0 Å². The molecule has 0 saturated carbocycles. The fraction of sp³-hybridized carbons (Fsp3) is 0.529. The zero-order chi connectivity index (χ0) is 15.2. The highest BCUT2D eigenvalue weighted by Crippen LogP contribution is 2.20. The van der Waals surface area contributed by atoms with E-state index in [0.29, 0.717) is 0 Å². The first-order valence-corrected chi connectivity index (χ1v) is 8.14. The van der Waals surface area contributed by atoms with E-state index >= 15 is 0 Å². The van der Waals surface area contributed by atoms with Gasteiger partial charge in [0, 0.05) is 32.4 Å². The van der Waals surface area contributed by atoms with Gasteiger partial charge in [0.05, 0.1) is 11.8 Å². The van der Waals surface area contributed by atoms with Crippen LogP contribution in [0.3, 0.4) is 0 Å². The molecule has 118 valence electrons. The lowest BCUT2D eigenvalue weighted by Crippen LogP contribution is -2.53. The van der Waals surface area contributed by atoms with Gasteiger partial charge in [-0.15, -0.1) is 0 Å². The largest absolute Gasteiger partial charge is 0.411 e. The van der Waals surface area contributed by atoms with Crippen molar-refractivity contribution in [3.8, 4) is 0 Å². The van der Waals surface area contributed by atoms with Crippen molar-refractivity contribution in [1.29, 1.82) is 0 Å². The number of oxime groups is 1. The van der Waals surface area contributed by atoms with Crippen LogP contribution in [0.15, 0.2) is 41.7 Å². The van der Waals surface area contributed by atoms with Gasteiger partial charge in [-0.25, -0.2) is 4.98 Å². The van der Waals surface area contributed by atoms with Crippen LogP contribution in [0.4, 0.5) is 5.82 Å². The molecule has 1 fully saturated rings. The monoisotopic (exact) mass is 300 g/mol. The molecule has 22 heavy (non-hydrogen) atoms. The molecule has 0 aromatic carbocycles. The lowest BCUT2D eigenvalue weighted by molar-refractivity contribution is 0.211. The van der Waals surface area contributed by atoms with Crippen LogP contribution in [0.1, 0.15) is 25.7 Å². The average molecular weight is 300 g/mol. The van der Waals surface area contributed by atoms with Crippen molar-refractivity contribution >= 4 is 11.5 Å². The Bertz CT molecular complexity index is 521. The van der Waals surface area contributed by atoms with E-state index in [9.17, 15) is 5.21 Å². The molecule has 3 rings (SSSR count).